The second kappa shape index (κ2) is 11.2. The molecule has 4 nitrogen and oxygen atoms in total. The third kappa shape index (κ3) is 6.21. The van der Waals surface area contributed by atoms with Crippen LogP contribution in [0, 0.1) is 0 Å². The van der Waals surface area contributed by atoms with Gasteiger partial charge in [0.2, 0.25) is 0 Å². The van der Waals surface area contributed by atoms with E-state index in [0.717, 1.165) is 16.7 Å². The largest absolute Gasteiger partial charge is 0.476 e. The molecule has 0 saturated carbocycles. The summed E-state index contributed by atoms with van der Waals surface area (Å²) in [6.07, 6.45) is -1.09. The molecule has 0 bridgehead atoms. The predicted molar refractivity (Wildman–Crippen MR) is 124 cm³/mol. The van der Waals surface area contributed by atoms with Gasteiger partial charge in [-0.1, -0.05) is 91.0 Å². The lowest BCUT2D eigenvalue weighted by Gasteiger charge is -2.22. The van der Waals surface area contributed by atoms with Crippen LogP contribution in [0.25, 0.3) is 0 Å². The summed E-state index contributed by atoms with van der Waals surface area (Å²) in [5.74, 6) is 0. The van der Waals surface area contributed by atoms with Crippen LogP contribution in [0.15, 0.2) is 91.0 Å². The van der Waals surface area contributed by atoms with Gasteiger partial charge in [0.1, 0.15) is 6.10 Å². The minimum absolute atomic E-state index is 0.319. The fourth-order valence-electron chi connectivity index (χ4n) is 3.49. The van der Waals surface area contributed by atoms with E-state index in [4.69, 9.17) is 31.2 Å². The zero-order chi connectivity index (χ0) is 21.3. The Morgan fingerprint density at radius 2 is 1.13 bits per heavy atom. The highest BCUT2D eigenvalue weighted by molar-refractivity contribution is 7.80. The Hall–Kier alpha value is -2.57. The third-order valence-electron chi connectivity index (χ3n) is 5.12. The minimum atomic E-state index is -0.427. The molecule has 1 fully saturated rings. The molecule has 0 radical (unpaired) electrons. The second-order valence-corrected chi connectivity index (χ2v) is 7.86. The third-order valence-corrected chi connectivity index (χ3v) is 5.44. The Labute approximate surface area is 188 Å². The van der Waals surface area contributed by atoms with Crippen LogP contribution in [-0.4, -0.2) is 30.0 Å². The van der Waals surface area contributed by atoms with Crippen molar-refractivity contribution in [3.05, 3.63) is 108 Å². The molecule has 0 aromatic heterocycles. The minimum Gasteiger partial charge on any atom is -0.476 e. The molecular weight excluding hydrogens is 408 g/mol. The zero-order valence-electron chi connectivity index (χ0n) is 17.3. The fourth-order valence-corrected chi connectivity index (χ4v) is 3.82. The van der Waals surface area contributed by atoms with Crippen LogP contribution in [0.1, 0.15) is 16.7 Å². The molecular formula is C26H26O4S. The van der Waals surface area contributed by atoms with E-state index in [-0.39, 0.29) is 12.2 Å². The van der Waals surface area contributed by atoms with Crippen LogP contribution in [-0.2, 0) is 38.8 Å². The van der Waals surface area contributed by atoms with E-state index in [9.17, 15) is 0 Å². The number of hydrogen-bond donors (Lipinski definition) is 0. The van der Waals surface area contributed by atoms with Gasteiger partial charge in [-0.25, -0.2) is 0 Å². The van der Waals surface area contributed by atoms with Crippen molar-refractivity contribution < 1.29 is 18.9 Å². The lowest BCUT2D eigenvalue weighted by Crippen LogP contribution is -2.38. The molecule has 0 unspecified atom stereocenters. The maximum Gasteiger partial charge on any atom is 0.192 e. The number of rotatable bonds is 10. The van der Waals surface area contributed by atoms with Gasteiger partial charge in [-0.15, -0.1) is 0 Å². The highest BCUT2D eigenvalue weighted by atomic mass is 32.1. The van der Waals surface area contributed by atoms with Crippen LogP contribution in [0.3, 0.4) is 0 Å². The number of thiocarbonyl (C=S) groups is 1. The van der Waals surface area contributed by atoms with Crippen molar-refractivity contribution in [2.75, 3.05) is 6.61 Å². The molecule has 3 atom stereocenters. The molecule has 0 amide bonds. The van der Waals surface area contributed by atoms with Crippen molar-refractivity contribution in [2.45, 2.75) is 38.1 Å². The standard InChI is InChI=1S/C26H26O4S/c31-26-25(29-18-22-14-8-3-9-15-22)24(28-17-21-12-6-2-7-13-21)23(30-26)19-27-16-20-10-4-1-5-11-20/h1-15,23-25H,16-19H2/t23-,24-,25+/m1/s1. The van der Waals surface area contributed by atoms with E-state index < -0.39 is 6.10 Å². The van der Waals surface area contributed by atoms with E-state index in [0.29, 0.717) is 31.5 Å². The fraction of sp³-hybridized carbons (Fsp3) is 0.269. The van der Waals surface area contributed by atoms with Gasteiger partial charge in [-0.2, -0.15) is 0 Å². The van der Waals surface area contributed by atoms with Crippen molar-refractivity contribution in [2.24, 2.45) is 0 Å². The second-order valence-electron chi connectivity index (χ2n) is 7.45. The first kappa shape index (κ1) is 21.7. The van der Waals surface area contributed by atoms with Crippen molar-refractivity contribution in [3.63, 3.8) is 0 Å². The van der Waals surface area contributed by atoms with Crippen molar-refractivity contribution in [1.82, 2.24) is 0 Å². The monoisotopic (exact) mass is 434 g/mol. The van der Waals surface area contributed by atoms with E-state index in [1.165, 1.54) is 0 Å². The summed E-state index contributed by atoms with van der Waals surface area (Å²) >= 11 is 5.50. The highest BCUT2D eigenvalue weighted by Gasteiger charge is 2.44. The van der Waals surface area contributed by atoms with Gasteiger partial charge in [0, 0.05) is 0 Å². The molecule has 1 aliphatic heterocycles. The summed E-state index contributed by atoms with van der Waals surface area (Å²) in [6, 6.07) is 30.1. The van der Waals surface area contributed by atoms with Gasteiger partial charge in [0.25, 0.3) is 0 Å². The molecule has 1 aliphatic rings. The molecule has 160 valence electrons. The zero-order valence-corrected chi connectivity index (χ0v) is 18.1. The molecule has 5 heteroatoms. The first-order valence-corrected chi connectivity index (χ1v) is 10.8. The number of hydrogen-bond acceptors (Lipinski definition) is 5. The smallest absolute Gasteiger partial charge is 0.192 e. The van der Waals surface area contributed by atoms with Gasteiger partial charge in [0.15, 0.2) is 17.3 Å². The SMILES string of the molecule is S=C1O[C@H](COCc2ccccc2)[C@@H](OCc2ccccc2)[C@@H]1OCc1ccccc1. The highest BCUT2D eigenvalue weighted by Crippen LogP contribution is 2.26. The van der Waals surface area contributed by atoms with Gasteiger partial charge in [0.05, 0.1) is 26.4 Å². The summed E-state index contributed by atoms with van der Waals surface area (Å²) < 4.78 is 24.3. The van der Waals surface area contributed by atoms with Gasteiger partial charge < -0.3 is 18.9 Å². The summed E-state index contributed by atoms with van der Waals surface area (Å²) in [5, 5.41) is 0.419. The van der Waals surface area contributed by atoms with Crippen molar-refractivity contribution >= 4 is 17.3 Å². The van der Waals surface area contributed by atoms with Crippen LogP contribution in [0.2, 0.25) is 0 Å². The molecule has 1 saturated heterocycles. The molecule has 0 aliphatic carbocycles. The van der Waals surface area contributed by atoms with E-state index >= 15 is 0 Å². The number of ether oxygens (including phenoxy) is 4. The maximum absolute atomic E-state index is 6.26. The average Bonchev–Trinajstić information content (AvgIpc) is 3.12. The van der Waals surface area contributed by atoms with E-state index in [2.05, 4.69) is 0 Å². The normalized spacial score (nSPS) is 20.5. The van der Waals surface area contributed by atoms with Crippen molar-refractivity contribution in [3.8, 4) is 0 Å². The first-order chi connectivity index (χ1) is 15.3. The lowest BCUT2D eigenvalue weighted by molar-refractivity contribution is -0.0894. The Kier molecular flexibility index (Phi) is 7.80. The molecule has 1 heterocycles. The van der Waals surface area contributed by atoms with E-state index in [1.54, 1.807) is 0 Å². The lowest BCUT2D eigenvalue weighted by atomic mass is 10.1. The van der Waals surface area contributed by atoms with Gasteiger partial charge in [-0.3, -0.25) is 0 Å². The Balaban J connectivity index is 1.40. The Bertz CT molecular complexity index is 933. The first-order valence-electron chi connectivity index (χ1n) is 10.4. The molecule has 3 aromatic carbocycles. The summed E-state index contributed by atoms with van der Waals surface area (Å²) in [5.41, 5.74) is 3.28. The molecule has 4 rings (SSSR count). The predicted octanol–water partition coefficient (Wildman–Crippen LogP) is 5.10. The Morgan fingerprint density at radius 3 is 1.68 bits per heavy atom. The summed E-state index contributed by atoms with van der Waals surface area (Å²) in [7, 11) is 0. The topological polar surface area (TPSA) is 36.9 Å². The molecule has 31 heavy (non-hydrogen) atoms. The van der Waals surface area contributed by atoms with Crippen LogP contribution in [0.4, 0.5) is 0 Å². The molecule has 0 N–H and O–H groups in total. The summed E-state index contributed by atoms with van der Waals surface area (Å²) in [6.45, 7) is 1.78. The van der Waals surface area contributed by atoms with E-state index in [1.807, 2.05) is 91.0 Å². The van der Waals surface area contributed by atoms with Gasteiger partial charge >= 0.3 is 0 Å². The van der Waals surface area contributed by atoms with Gasteiger partial charge in [-0.05, 0) is 28.9 Å². The average molecular weight is 435 g/mol. The molecule has 0 spiro atoms. The molecule has 3 aromatic rings. The summed E-state index contributed by atoms with van der Waals surface area (Å²) in [4.78, 5) is 0. The maximum atomic E-state index is 6.26. The number of benzene rings is 3. The van der Waals surface area contributed by atoms with Crippen LogP contribution >= 0.6 is 12.2 Å². The quantitative estimate of drug-likeness (QED) is 0.415. The van der Waals surface area contributed by atoms with Crippen LogP contribution < -0.4 is 0 Å². The van der Waals surface area contributed by atoms with Crippen molar-refractivity contribution in [1.29, 1.82) is 0 Å². The van der Waals surface area contributed by atoms with Crippen LogP contribution in [0.5, 0.6) is 0 Å². The Morgan fingerprint density at radius 1 is 0.645 bits per heavy atom.